The van der Waals surface area contributed by atoms with Crippen molar-refractivity contribution in [1.82, 2.24) is 10.6 Å². The molecule has 1 aliphatic heterocycles. The van der Waals surface area contributed by atoms with Crippen LogP contribution >= 0.6 is 11.8 Å². The highest BCUT2D eigenvalue weighted by Crippen LogP contribution is 2.18. The van der Waals surface area contributed by atoms with Crippen LogP contribution in [0.15, 0.2) is 24.3 Å². The Labute approximate surface area is 131 Å². The van der Waals surface area contributed by atoms with Crippen LogP contribution in [0.3, 0.4) is 0 Å². The van der Waals surface area contributed by atoms with E-state index in [4.69, 9.17) is 4.74 Å². The predicted molar refractivity (Wildman–Crippen MR) is 88.1 cm³/mol. The average Bonchev–Trinajstić information content (AvgIpc) is 2.50. The van der Waals surface area contributed by atoms with Crippen molar-refractivity contribution in [3.8, 4) is 5.75 Å². The molecular weight excluding hydrogens is 284 g/mol. The maximum atomic E-state index is 11.9. The molecule has 0 bridgehead atoms. The highest BCUT2D eigenvalue weighted by Gasteiger charge is 2.16. The van der Waals surface area contributed by atoms with E-state index in [9.17, 15) is 4.79 Å². The molecule has 0 spiro atoms. The number of carbonyl (C=O) groups is 1. The summed E-state index contributed by atoms with van der Waals surface area (Å²) in [4.78, 5) is 11.9. The van der Waals surface area contributed by atoms with Gasteiger partial charge in [0.05, 0.1) is 6.61 Å². The summed E-state index contributed by atoms with van der Waals surface area (Å²) in [6, 6.07) is 8.32. The minimum absolute atomic E-state index is 0.129. The summed E-state index contributed by atoms with van der Waals surface area (Å²) < 4.78 is 5.59. The molecule has 1 heterocycles. The van der Waals surface area contributed by atoms with Crippen LogP contribution in [0, 0.1) is 0 Å². The van der Waals surface area contributed by atoms with Crippen molar-refractivity contribution < 1.29 is 9.53 Å². The SMILES string of the molecule is CCOc1ccccc1CCNC(=O)CC1CSCCN1. The smallest absolute Gasteiger partial charge is 0.221 e. The van der Waals surface area contributed by atoms with Gasteiger partial charge in [-0.15, -0.1) is 0 Å². The second-order valence-corrected chi connectivity index (χ2v) is 6.22. The van der Waals surface area contributed by atoms with Gasteiger partial charge in [-0.1, -0.05) is 18.2 Å². The first kappa shape index (κ1) is 16.2. The Morgan fingerprint density at radius 1 is 1.48 bits per heavy atom. The zero-order valence-electron chi connectivity index (χ0n) is 12.6. The lowest BCUT2D eigenvalue weighted by Gasteiger charge is -2.22. The molecule has 5 heteroatoms. The van der Waals surface area contributed by atoms with Crippen LogP contribution in [-0.2, 0) is 11.2 Å². The molecule has 1 fully saturated rings. The number of amides is 1. The van der Waals surface area contributed by atoms with Gasteiger partial charge in [0.25, 0.3) is 0 Å². The second-order valence-electron chi connectivity index (χ2n) is 5.07. The van der Waals surface area contributed by atoms with Crippen molar-refractivity contribution in [3.05, 3.63) is 29.8 Å². The van der Waals surface area contributed by atoms with Crippen LogP contribution in [0.2, 0.25) is 0 Å². The normalized spacial score (nSPS) is 18.2. The lowest BCUT2D eigenvalue weighted by Crippen LogP contribution is -2.41. The van der Waals surface area contributed by atoms with E-state index in [0.717, 1.165) is 35.8 Å². The Kier molecular flexibility index (Phi) is 6.89. The van der Waals surface area contributed by atoms with E-state index in [1.165, 1.54) is 0 Å². The van der Waals surface area contributed by atoms with Gasteiger partial charge in [-0.3, -0.25) is 4.79 Å². The van der Waals surface area contributed by atoms with Crippen molar-refractivity contribution >= 4 is 17.7 Å². The third-order valence-corrected chi connectivity index (χ3v) is 4.55. The van der Waals surface area contributed by atoms with Gasteiger partial charge in [0.15, 0.2) is 0 Å². The predicted octanol–water partition coefficient (Wildman–Crippen LogP) is 1.84. The first-order valence-electron chi connectivity index (χ1n) is 7.58. The Balaban J connectivity index is 1.72. The van der Waals surface area contributed by atoms with Crippen molar-refractivity contribution in [3.63, 3.8) is 0 Å². The van der Waals surface area contributed by atoms with E-state index < -0.39 is 0 Å². The first-order chi connectivity index (χ1) is 10.3. The quantitative estimate of drug-likeness (QED) is 0.807. The minimum atomic E-state index is 0.129. The summed E-state index contributed by atoms with van der Waals surface area (Å²) in [5.41, 5.74) is 1.14. The fourth-order valence-electron chi connectivity index (χ4n) is 2.39. The summed E-state index contributed by atoms with van der Waals surface area (Å²) in [5.74, 6) is 3.22. The van der Waals surface area contributed by atoms with Gasteiger partial charge in [0.1, 0.15) is 5.75 Å². The maximum Gasteiger partial charge on any atom is 0.221 e. The number of para-hydroxylation sites is 1. The number of ether oxygens (including phenoxy) is 1. The number of benzene rings is 1. The van der Waals surface area contributed by atoms with Gasteiger partial charge < -0.3 is 15.4 Å². The topological polar surface area (TPSA) is 50.4 Å². The summed E-state index contributed by atoms with van der Waals surface area (Å²) in [6.07, 6.45) is 1.37. The molecule has 1 unspecified atom stereocenters. The minimum Gasteiger partial charge on any atom is -0.494 e. The lowest BCUT2D eigenvalue weighted by atomic mass is 10.1. The maximum absolute atomic E-state index is 11.9. The Morgan fingerprint density at radius 2 is 2.33 bits per heavy atom. The monoisotopic (exact) mass is 308 g/mol. The second kappa shape index (κ2) is 8.95. The fourth-order valence-corrected chi connectivity index (χ4v) is 3.34. The van der Waals surface area contributed by atoms with E-state index in [0.29, 0.717) is 25.6 Å². The van der Waals surface area contributed by atoms with Crippen molar-refractivity contribution in [1.29, 1.82) is 0 Å². The lowest BCUT2D eigenvalue weighted by molar-refractivity contribution is -0.121. The summed E-state index contributed by atoms with van der Waals surface area (Å²) in [7, 11) is 0. The van der Waals surface area contributed by atoms with E-state index in [1.807, 2.05) is 36.9 Å². The Morgan fingerprint density at radius 3 is 3.10 bits per heavy atom. The average molecular weight is 308 g/mol. The molecule has 116 valence electrons. The molecule has 2 N–H and O–H groups in total. The van der Waals surface area contributed by atoms with Crippen LogP contribution in [0.25, 0.3) is 0 Å². The van der Waals surface area contributed by atoms with Gasteiger partial charge in [-0.2, -0.15) is 11.8 Å². The van der Waals surface area contributed by atoms with Crippen LogP contribution in [0.1, 0.15) is 18.9 Å². The van der Waals surface area contributed by atoms with Crippen molar-refractivity contribution in [2.45, 2.75) is 25.8 Å². The summed E-state index contributed by atoms with van der Waals surface area (Å²) >= 11 is 1.91. The molecule has 21 heavy (non-hydrogen) atoms. The third kappa shape index (κ3) is 5.59. The largest absolute Gasteiger partial charge is 0.494 e. The molecular formula is C16H24N2O2S. The van der Waals surface area contributed by atoms with Gasteiger partial charge in [-0.25, -0.2) is 0 Å². The van der Waals surface area contributed by atoms with Gasteiger partial charge in [-0.05, 0) is 25.0 Å². The number of carbonyl (C=O) groups excluding carboxylic acids is 1. The van der Waals surface area contributed by atoms with E-state index in [2.05, 4.69) is 16.7 Å². The molecule has 0 aliphatic carbocycles. The van der Waals surface area contributed by atoms with Crippen LogP contribution in [0.5, 0.6) is 5.75 Å². The van der Waals surface area contributed by atoms with Crippen LogP contribution < -0.4 is 15.4 Å². The first-order valence-corrected chi connectivity index (χ1v) is 8.73. The molecule has 1 aromatic rings. The Bertz CT molecular complexity index is 448. The molecule has 1 atom stereocenters. The molecule has 0 saturated carbocycles. The number of thioether (sulfide) groups is 1. The fraction of sp³-hybridized carbons (Fsp3) is 0.562. The molecule has 1 amide bonds. The Hall–Kier alpha value is -1.20. The third-order valence-electron chi connectivity index (χ3n) is 3.42. The summed E-state index contributed by atoms with van der Waals surface area (Å²) in [5, 5.41) is 6.39. The zero-order valence-corrected chi connectivity index (χ0v) is 13.4. The standard InChI is InChI=1S/C16H24N2O2S/c1-2-20-15-6-4-3-5-13(15)7-8-18-16(19)11-14-12-21-10-9-17-14/h3-6,14,17H,2,7-12H2,1H3,(H,18,19). The molecule has 0 aromatic heterocycles. The van der Waals surface area contributed by atoms with E-state index in [-0.39, 0.29) is 5.91 Å². The van der Waals surface area contributed by atoms with Gasteiger partial charge in [0, 0.05) is 37.1 Å². The highest BCUT2D eigenvalue weighted by atomic mass is 32.2. The highest BCUT2D eigenvalue weighted by molar-refractivity contribution is 7.99. The van der Waals surface area contributed by atoms with Crippen molar-refractivity contribution in [2.75, 3.05) is 31.2 Å². The number of rotatable bonds is 7. The molecule has 1 aliphatic rings. The van der Waals surface area contributed by atoms with E-state index >= 15 is 0 Å². The number of hydrogen-bond donors (Lipinski definition) is 2. The van der Waals surface area contributed by atoms with Gasteiger partial charge in [0.2, 0.25) is 5.91 Å². The molecule has 1 aromatic carbocycles. The molecule has 1 saturated heterocycles. The molecule has 2 rings (SSSR count). The zero-order chi connectivity index (χ0) is 14.9. The summed E-state index contributed by atoms with van der Waals surface area (Å²) in [6.45, 7) is 4.30. The number of hydrogen-bond acceptors (Lipinski definition) is 4. The van der Waals surface area contributed by atoms with Crippen molar-refractivity contribution in [2.24, 2.45) is 0 Å². The van der Waals surface area contributed by atoms with Crippen LogP contribution in [0.4, 0.5) is 0 Å². The molecule has 0 radical (unpaired) electrons. The number of nitrogens with one attached hydrogen (secondary N) is 2. The van der Waals surface area contributed by atoms with E-state index in [1.54, 1.807) is 0 Å². The van der Waals surface area contributed by atoms with Crippen LogP contribution in [-0.4, -0.2) is 43.2 Å². The molecule has 4 nitrogen and oxygen atoms in total. The van der Waals surface area contributed by atoms with Gasteiger partial charge >= 0.3 is 0 Å².